The van der Waals surface area contributed by atoms with Crippen LogP contribution in [-0.4, -0.2) is 47.1 Å². The van der Waals surface area contributed by atoms with Gasteiger partial charge in [-0.15, -0.1) is 0 Å². The highest BCUT2D eigenvalue weighted by molar-refractivity contribution is 5.47. The molecule has 3 rings (SSSR count). The average Bonchev–Trinajstić information content (AvgIpc) is 2.73. The van der Waals surface area contributed by atoms with E-state index in [0.29, 0.717) is 11.8 Å². The summed E-state index contributed by atoms with van der Waals surface area (Å²) in [6.07, 6.45) is 3.88. The summed E-state index contributed by atoms with van der Waals surface area (Å²) in [4.78, 5) is 5.09. The van der Waals surface area contributed by atoms with Crippen LogP contribution < -0.4 is 5.73 Å². The minimum absolute atomic E-state index is 0.363. The first-order chi connectivity index (χ1) is 9.22. The quantitative estimate of drug-likeness (QED) is 0.628. The van der Waals surface area contributed by atoms with E-state index in [9.17, 15) is 5.11 Å². The van der Waals surface area contributed by atoms with Crippen molar-refractivity contribution in [3.05, 3.63) is 23.8 Å². The zero-order valence-corrected chi connectivity index (χ0v) is 11.4. The molecule has 0 bridgehead atoms. The van der Waals surface area contributed by atoms with Crippen LogP contribution in [0, 0.1) is 0 Å². The number of phenolic OH excluding ortho intramolecular Hbond substituents is 1. The van der Waals surface area contributed by atoms with E-state index in [2.05, 4.69) is 9.80 Å². The fourth-order valence-electron chi connectivity index (χ4n) is 3.40. The molecule has 1 unspecified atom stereocenters. The Hall–Kier alpha value is -1.26. The highest BCUT2D eigenvalue weighted by Crippen LogP contribution is 2.25. The molecule has 1 aromatic carbocycles. The Kier molecular flexibility index (Phi) is 3.62. The van der Waals surface area contributed by atoms with E-state index in [1.807, 2.05) is 6.07 Å². The second-order valence-electron chi connectivity index (χ2n) is 5.81. The van der Waals surface area contributed by atoms with E-state index in [0.717, 1.165) is 30.9 Å². The molecule has 1 atom stereocenters. The minimum atomic E-state index is 0.363. The average molecular weight is 261 g/mol. The lowest BCUT2D eigenvalue weighted by Gasteiger charge is -2.25. The van der Waals surface area contributed by atoms with Gasteiger partial charge in [0.05, 0.1) is 0 Å². The lowest BCUT2D eigenvalue weighted by molar-refractivity contribution is 0.214. The van der Waals surface area contributed by atoms with Crippen molar-refractivity contribution in [2.75, 3.05) is 31.9 Å². The maximum absolute atomic E-state index is 9.93. The molecule has 0 amide bonds. The number of nitrogens with zero attached hydrogens (tertiary/aromatic N) is 2. The van der Waals surface area contributed by atoms with Crippen LogP contribution in [0.5, 0.6) is 5.75 Å². The van der Waals surface area contributed by atoms with Gasteiger partial charge in [-0.25, -0.2) is 0 Å². The number of hydrogen-bond donors (Lipinski definition) is 2. The zero-order valence-electron chi connectivity index (χ0n) is 11.4. The van der Waals surface area contributed by atoms with Gasteiger partial charge in [-0.1, -0.05) is 0 Å². The third-order valence-corrected chi connectivity index (χ3v) is 4.39. The molecule has 1 aromatic rings. The number of rotatable bonds is 2. The van der Waals surface area contributed by atoms with Crippen LogP contribution in [0.3, 0.4) is 0 Å². The molecule has 4 nitrogen and oxygen atoms in total. The van der Waals surface area contributed by atoms with Crippen LogP contribution in [0.1, 0.15) is 24.8 Å². The standard InChI is InChI=1S/C15H23N3O/c16-13-4-5-15(19)12(9-13)10-17-6-2-8-18-7-1-3-14(18)11-17/h4-5,9,14,19H,1-3,6-8,10-11,16H2. The van der Waals surface area contributed by atoms with Gasteiger partial charge in [-0.05, 0) is 57.1 Å². The van der Waals surface area contributed by atoms with Crippen molar-refractivity contribution < 1.29 is 5.11 Å². The van der Waals surface area contributed by atoms with Gasteiger partial charge >= 0.3 is 0 Å². The molecule has 2 aliphatic heterocycles. The molecule has 0 spiro atoms. The number of benzene rings is 1. The maximum Gasteiger partial charge on any atom is 0.120 e. The lowest BCUT2D eigenvalue weighted by atomic mass is 10.1. The van der Waals surface area contributed by atoms with Gasteiger partial charge in [0.25, 0.3) is 0 Å². The van der Waals surface area contributed by atoms with Crippen LogP contribution in [0.4, 0.5) is 5.69 Å². The normalized spacial score (nSPS) is 25.2. The second-order valence-corrected chi connectivity index (χ2v) is 5.81. The molecule has 104 valence electrons. The number of nitrogen functional groups attached to an aromatic ring is 1. The summed E-state index contributed by atoms with van der Waals surface area (Å²) >= 11 is 0. The monoisotopic (exact) mass is 261 g/mol. The van der Waals surface area contributed by atoms with Crippen LogP contribution in [-0.2, 0) is 6.54 Å². The van der Waals surface area contributed by atoms with Crippen molar-refractivity contribution in [2.24, 2.45) is 0 Å². The molecule has 0 saturated carbocycles. The lowest BCUT2D eigenvalue weighted by Crippen LogP contribution is -2.36. The minimum Gasteiger partial charge on any atom is -0.508 e. The van der Waals surface area contributed by atoms with Crippen LogP contribution >= 0.6 is 0 Å². The Labute approximate surface area is 114 Å². The fraction of sp³-hybridized carbons (Fsp3) is 0.600. The number of fused-ring (bicyclic) bond motifs is 1. The topological polar surface area (TPSA) is 52.7 Å². The molecule has 2 saturated heterocycles. The summed E-state index contributed by atoms with van der Waals surface area (Å²) in [7, 11) is 0. The van der Waals surface area contributed by atoms with Gasteiger partial charge in [0, 0.05) is 30.4 Å². The van der Waals surface area contributed by atoms with Crippen molar-refractivity contribution in [1.29, 1.82) is 0 Å². The van der Waals surface area contributed by atoms with Gasteiger partial charge in [0.15, 0.2) is 0 Å². The van der Waals surface area contributed by atoms with E-state index in [1.54, 1.807) is 12.1 Å². The summed E-state index contributed by atoms with van der Waals surface area (Å²) in [6.45, 7) is 5.53. The smallest absolute Gasteiger partial charge is 0.120 e. The molecule has 4 heteroatoms. The molecule has 2 fully saturated rings. The van der Waals surface area contributed by atoms with Crippen LogP contribution in [0.25, 0.3) is 0 Å². The Bertz CT molecular complexity index is 449. The predicted octanol–water partition coefficient (Wildman–Crippen LogP) is 1.64. The first-order valence-corrected chi connectivity index (χ1v) is 7.26. The van der Waals surface area contributed by atoms with Crippen molar-refractivity contribution in [3.8, 4) is 5.75 Å². The van der Waals surface area contributed by atoms with Crippen LogP contribution in [0.2, 0.25) is 0 Å². The van der Waals surface area contributed by atoms with Gasteiger partial charge in [0.2, 0.25) is 0 Å². The number of phenols is 1. The van der Waals surface area contributed by atoms with E-state index in [4.69, 9.17) is 5.73 Å². The van der Waals surface area contributed by atoms with Crippen LogP contribution in [0.15, 0.2) is 18.2 Å². The first kappa shape index (κ1) is 12.8. The molecule has 0 radical (unpaired) electrons. The van der Waals surface area contributed by atoms with Gasteiger partial charge in [0.1, 0.15) is 5.75 Å². The molecular weight excluding hydrogens is 238 g/mol. The summed E-state index contributed by atoms with van der Waals surface area (Å²) in [5, 5.41) is 9.93. The second kappa shape index (κ2) is 5.39. The molecule has 0 aliphatic carbocycles. The predicted molar refractivity (Wildman–Crippen MR) is 77.0 cm³/mol. The number of anilines is 1. The summed E-state index contributed by atoms with van der Waals surface area (Å²) < 4.78 is 0. The molecular formula is C15H23N3O. The molecule has 3 N–H and O–H groups in total. The van der Waals surface area contributed by atoms with Crippen molar-refractivity contribution in [3.63, 3.8) is 0 Å². The van der Waals surface area contributed by atoms with Crippen molar-refractivity contribution >= 4 is 5.69 Å². The maximum atomic E-state index is 9.93. The largest absolute Gasteiger partial charge is 0.508 e. The summed E-state index contributed by atoms with van der Waals surface area (Å²) in [5.41, 5.74) is 7.49. The van der Waals surface area contributed by atoms with E-state index in [-0.39, 0.29) is 0 Å². The Morgan fingerprint density at radius 2 is 2.05 bits per heavy atom. The SMILES string of the molecule is Nc1ccc(O)c(CN2CCCN3CCCC3C2)c1. The molecule has 2 heterocycles. The fourth-order valence-corrected chi connectivity index (χ4v) is 3.40. The third-order valence-electron chi connectivity index (χ3n) is 4.39. The van der Waals surface area contributed by atoms with E-state index in [1.165, 1.54) is 32.4 Å². The van der Waals surface area contributed by atoms with Gasteiger partial charge in [-0.3, -0.25) is 9.80 Å². The van der Waals surface area contributed by atoms with Gasteiger partial charge in [-0.2, -0.15) is 0 Å². The number of hydrogen-bond acceptors (Lipinski definition) is 4. The number of aromatic hydroxyl groups is 1. The summed E-state index contributed by atoms with van der Waals surface area (Å²) in [6, 6.07) is 6.06. The van der Waals surface area contributed by atoms with E-state index < -0.39 is 0 Å². The summed E-state index contributed by atoms with van der Waals surface area (Å²) in [5.74, 6) is 0.363. The highest BCUT2D eigenvalue weighted by atomic mass is 16.3. The first-order valence-electron chi connectivity index (χ1n) is 7.26. The Balaban J connectivity index is 1.70. The Morgan fingerprint density at radius 3 is 2.95 bits per heavy atom. The third kappa shape index (κ3) is 2.85. The molecule has 2 aliphatic rings. The zero-order chi connectivity index (χ0) is 13.2. The van der Waals surface area contributed by atoms with Crippen molar-refractivity contribution in [1.82, 2.24) is 9.80 Å². The Morgan fingerprint density at radius 1 is 1.21 bits per heavy atom. The number of nitrogens with two attached hydrogens (primary N) is 1. The molecule has 19 heavy (non-hydrogen) atoms. The highest BCUT2D eigenvalue weighted by Gasteiger charge is 2.28. The van der Waals surface area contributed by atoms with E-state index >= 15 is 0 Å². The van der Waals surface area contributed by atoms with Gasteiger partial charge < -0.3 is 10.8 Å². The molecule has 0 aromatic heterocycles. The van der Waals surface area contributed by atoms with Crippen molar-refractivity contribution in [2.45, 2.75) is 31.8 Å².